The molecule has 4 rings (SSSR count). The van der Waals surface area contributed by atoms with Gasteiger partial charge in [-0.3, -0.25) is 4.79 Å². The summed E-state index contributed by atoms with van der Waals surface area (Å²) in [6.07, 6.45) is 1.92. The normalized spacial score (nSPS) is 11.3. The molecule has 4 aromatic carbocycles. The van der Waals surface area contributed by atoms with Crippen LogP contribution < -0.4 is 5.32 Å². The molecule has 3 heteroatoms. The Kier molecular flexibility index (Phi) is 7.17. The van der Waals surface area contributed by atoms with Gasteiger partial charge in [0.05, 0.1) is 0 Å². The summed E-state index contributed by atoms with van der Waals surface area (Å²) in [4.78, 5) is 15.6. The molecule has 0 atom stereocenters. The molecule has 0 saturated carbocycles. The van der Waals surface area contributed by atoms with E-state index in [9.17, 15) is 4.79 Å². The lowest BCUT2D eigenvalue weighted by Crippen LogP contribution is -2.12. The summed E-state index contributed by atoms with van der Waals surface area (Å²) < 4.78 is 0. The van der Waals surface area contributed by atoms with Gasteiger partial charge in [-0.1, -0.05) is 72.3 Å². The molecule has 0 radical (unpaired) electrons. The highest BCUT2D eigenvalue weighted by molar-refractivity contribution is 6.29. The quantitative estimate of drug-likeness (QED) is 0.225. The third-order valence-electron chi connectivity index (χ3n) is 6.01. The molecule has 0 aliphatic rings. The Hall–Kier alpha value is -4.11. The Bertz CT molecular complexity index is 1330. The van der Waals surface area contributed by atoms with Crippen LogP contribution in [-0.2, 0) is 0 Å². The maximum absolute atomic E-state index is 13.7. The summed E-state index contributed by atoms with van der Waals surface area (Å²) in [7, 11) is 3.89. The van der Waals surface area contributed by atoms with Gasteiger partial charge in [0.25, 0.3) is 0 Å². The van der Waals surface area contributed by atoms with Crippen LogP contribution in [0.1, 0.15) is 32.6 Å². The Morgan fingerprint density at radius 3 is 1.77 bits per heavy atom. The van der Waals surface area contributed by atoms with E-state index in [1.54, 1.807) is 0 Å². The topological polar surface area (TPSA) is 32.3 Å². The number of nitrogens with zero attached hydrogens (tertiary/aromatic N) is 1. The molecule has 0 unspecified atom stereocenters. The van der Waals surface area contributed by atoms with E-state index in [1.165, 1.54) is 5.56 Å². The first-order valence-electron chi connectivity index (χ1n) is 11.9. The van der Waals surface area contributed by atoms with Gasteiger partial charge in [-0.15, -0.1) is 0 Å². The summed E-state index contributed by atoms with van der Waals surface area (Å²) >= 11 is 0. The fourth-order valence-electron chi connectivity index (χ4n) is 4.47. The lowest BCUT2D eigenvalue weighted by atomic mass is 9.90. The second-order valence-electron chi connectivity index (χ2n) is 9.25. The largest absolute Gasteiger partial charge is 0.383 e. The molecule has 0 amide bonds. The van der Waals surface area contributed by atoms with E-state index < -0.39 is 0 Å². The molecule has 0 saturated heterocycles. The van der Waals surface area contributed by atoms with Gasteiger partial charge in [-0.2, -0.15) is 0 Å². The van der Waals surface area contributed by atoms with Gasteiger partial charge in [0.1, 0.15) is 0 Å². The number of para-hydroxylation sites is 1. The summed E-state index contributed by atoms with van der Waals surface area (Å²) in [6, 6.07) is 30.9. The minimum Gasteiger partial charge on any atom is -0.383 e. The number of carbonyl (C=O) groups excluding carboxylic acids is 1. The van der Waals surface area contributed by atoms with Crippen molar-refractivity contribution < 1.29 is 4.79 Å². The van der Waals surface area contributed by atoms with Crippen LogP contribution in [0.3, 0.4) is 0 Å². The number of benzene rings is 4. The van der Waals surface area contributed by atoms with E-state index in [1.807, 2.05) is 81.5 Å². The van der Waals surface area contributed by atoms with Crippen molar-refractivity contribution in [1.29, 1.82) is 0 Å². The summed E-state index contributed by atoms with van der Waals surface area (Å²) in [5.41, 5.74) is 9.93. The number of hydrogen-bond acceptors (Lipinski definition) is 3. The van der Waals surface area contributed by atoms with Crippen molar-refractivity contribution in [3.8, 4) is 11.1 Å². The number of ketones is 1. The highest BCUT2D eigenvalue weighted by atomic mass is 16.1. The van der Waals surface area contributed by atoms with Crippen molar-refractivity contribution in [2.24, 2.45) is 0 Å². The van der Waals surface area contributed by atoms with Crippen molar-refractivity contribution in [3.63, 3.8) is 0 Å². The van der Waals surface area contributed by atoms with Crippen molar-refractivity contribution in [3.05, 3.63) is 125 Å². The second-order valence-corrected chi connectivity index (χ2v) is 9.25. The first-order valence-corrected chi connectivity index (χ1v) is 11.9. The number of anilines is 2. The standard InChI is InChI=1S/C32H32N2O/c1-22-19-23(2)31(24(3)20-22)32(35)30(21-34(4)5)27-13-11-25(12-14-27)26-15-17-29(18-16-26)33-28-9-7-6-8-10-28/h6-21,33H,1-5H3/b30-21+. The maximum Gasteiger partial charge on any atom is 0.195 e. The zero-order valence-electron chi connectivity index (χ0n) is 21.1. The number of hydrogen-bond donors (Lipinski definition) is 1. The molecule has 35 heavy (non-hydrogen) atoms. The summed E-state index contributed by atoms with van der Waals surface area (Å²) in [5.74, 6) is 0.0535. The van der Waals surface area contributed by atoms with Crippen LogP contribution in [0.2, 0.25) is 0 Å². The minimum atomic E-state index is 0.0535. The zero-order chi connectivity index (χ0) is 24.9. The van der Waals surface area contributed by atoms with Crippen LogP contribution in [0.25, 0.3) is 16.7 Å². The second kappa shape index (κ2) is 10.4. The van der Waals surface area contributed by atoms with Gasteiger partial charge >= 0.3 is 0 Å². The number of rotatable bonds is 7. The van der Waals surface area contributed by atoms with Gasteiger partial charge in [0.15, 0.2) is 5.78 Å². The monoisotopic (exact) mass is 460 g/mol. The molecular formula is C32H32N2O. The van der Waals surface area contributed by atoms with E-state index in [2.05, 4.69) is 60.8 Å². The predicted molar refractivity (Wildman–Crippen MR) is 148 cm³/mol. The number of Topliss-reactive ketones (excluding diaryl/α,β-unsaturated/α-hetero) is 1. The van der Waals surface area contributed by atoms with E-state index in [-0.39, 0.29) is 5.78 Å². The third kappa shape index (κ3) is 5.70. The van der Waals surface area contributed by atoms with Gasteiger partial charge in [0, 0.05) is 42.8 Å². The van der Waals surface area contributed by atoms with Crippen LogP contribution in [0, 0.1) is 20.8 Å². The van der Waals surface area contributed by atoms with Crippen LogP contribution in [0.5, 0.6) is 0 Å². The van der Waals surface area contributed by atoms with E-state index >= 15 is 0 Å². The van der Waals surface area contributed by atoms with Gasteiger partial charge in [-0.05, 0) is 72.9 Å². The molecule has 0 aromatic heterocycles. The van der Waals surface area contributed by atoms with E-state index in [0.29, 0.717) is 5.57 Å². The molecule has 0 aliphatic heterocycles. The molecule has 0 aliphatic carbocycles. The minimum absolute atomic E-state index is 0.0535. The number of aryl methyl sites for hydroxylation is 3. The van der Waals surface area contributed by atoms with Gasteiger partial charge < -0.3 is 10.2 Å². The highest BCUT2D eigenvalue weighted by Gasteiger charge is 2.19. The molecule has 0 fully saturated rings. The average molecular weight is 461 g/mol. The number of allylic oxidation sites excluding steroid dienone is 1. The van der Waals surface area contributed by atoms with Gasteiger partial charge in [0.2, 0.25) is 0 Å². The molecule has 0 heterocycles. The lowest BCUT2D eigenvalue weighted by molar-refractivity contribution is 0.105. The molecule has 4 aromatic rings. The SMILES string of the molecule is Cc1cc(C)c(C(=O)/C(=C/N(C)C)c2ccc(-c3ccc(Nc4ccccc4)cc3)cc2)c(C)c1. The third-order valence-corrected chi connectivity index (χ3v) is 6.01. The van der Waals surface area contributed by atoms with Crippen LogP contribution in [-0.4, -0.2) is 24.8 Å². The Morgan fingerprint density at radius 2 is 1.23 bits per heavy atom. The van der Waals surface area contributed by atoms with Crippen molar-refractivity contribution in [1.82, 2.24) is 4.90 Å². The van der Waals surface area contributed by atoms with Crippen LogP contribution in [0.4, 0.5) is 11.4 Å². The predicted octanol–water partition coefficient (Wildman–Crippen LogP) is 7.81. The maximum atomic E-state index is 13.7. The molecule has 176 valence electrons. The fraction of sp³-hybridized carbons (Fsp3) is 0.156. The van der Waals surface area contributed by atoms with Gasteiger partial charge in [-0.25, -0.2) is 0 Å². The average Bonchev–Trinajstić information content (AvgIpc) is 2.83. The highest BCUT2D eigenvalue weighted by Crippen LogP contribution is 2.29. The Balaban J connectivity index is 1.60. The number of nitrogens with one attached hydrogen (secondary N) is 1. The molecular weight excluding hydrogens is 428 g/mol. The first-order chi connectivity index (χ1) is 16.8. The van der Waals surface area contributed by atoms with E-state index in [0.717, 1.165) is 44.8 Å². The van der Waals surface area contributed by atoms with Crippen LogP contribution >= 0.6 is 0 Å². The van der Waals surface area contributed by atoms with E-state index in [4.69, 9.17) is 0 Å². The first kappa shape index (κ1) is 24.0. The molecule has 1 N–H and O–H groups in total. The Morgan fingerprint density at radius 1 is 0.714 bits per heavy atom. The number of carbonyl (C=O) groups is 1. The Labute approximate surface area is 208 Å². The lowest BCUT2D eigenvalue weighted by Gasteiger charge is -2.16. The summed E-state index contributed by atoms with van der Waals surface area (Å²) in [5, 5.41) is 3.42. The van der Waals surface area contributed by atoms with Crippen LogP contribution in [0.15, 0.2) is 97.2 Å². The van der Waals surface area contributed by atoms with Crippen molar-refractivity contribution >= 4 is 22.7 Å². The van der Waals surface area contributed by atoms with Crippen molar-refractivity contribution in [2.45, 2.75) is 20.8 Å². The zero-order valence-corrected chi connectivity index (χ0v) is 21.1. The molecule has 0 spiro atoms. The molecule has 0 bridgehead atoms. The molecule has 3 nitrogen and oxygen atoms in total. The fourth-order valence-corrected chi connectivity index (χ4v) is 4.47. The van der Waals surface area contributed by atoms with Crippen molar-refractivity contribution in [2.75, 3.05) is 19.4 Å². The smallest absolute Gasteiger partial charge is 0.195 e. The summed E-state index contributed by atoms with van der Waals surface area (Å²) in [6.45, 7) is 6.09.